The van der Waals surface area contributed by atoms with Gasteiger partial charge in [-0.3, -0.25) is 9.69 Å². The van der Waals surface area contributed by atoms with Gasteiger partial charge in [-0.15, -0.1) is 5.10 Å². The first-order valence-corrected chi connectivity index (χ1v) is 8.62. The van der Waals surface area contributed by atoms with Crippen LogP contribution in [0.1, 0.15) is 56.5 Å². The van der Waals surface area contributed by atoms with E-state index in [1.165, 1.54) is 16.4 Å². The van der Waals surface area contributed by atoms with Crippen molar-refractivity contribution in [2.45, 2.75) is 58.5 Å². The molecule has 2 heterocycles. The maximum Gasteiger partial charge on any atom is 0.239 e. The topological polar surface area (TPSA) is 49.3 Å². The molecule has 1 aromatic heterocycles. The van der Waals surface area contributed by atoms with E-state index in [0.29, 0.717) is 5.92 Å². The van der Waals surface area contributed by atoms with Crippen LogP contribution in [0.15, 0.2) is 0 Å². The lowest BCUT2D eigenvalue weighted by molar-refractivity contribution is -0.140. The van der Waals surface area contributed by atoms with Crippen molar-refractivity contribution >= 4 is 17.4 Å². The van der Waals surface area contributed by atoms with Crippen LogP contribution in [0.5, 0.6) is 0 Å². The van der Waals surface area contributed by atoms with Gasteiger partial charge >= 0.3 is 0 Å². The summed E-state index contributed by atoms with van der Waals surface area (Å²) in [6.07, 6.45) is 3.17. The van der Waals surface area contributed by atoms with E-state index < -0.39 is 0 Å². The van der Waals surface area contributed by atoms with Crippen molar-refractivity contribution in [3.63, 3.8) is 0 Å². The highest BCUT2D eigenvalue weighted by Crippen LogP contribution is 2.25. The maximum atomic E-state index is 12.4. The number of likely N-dealkylation sites (N-methyl/N-ethyl adjacent to an activating group) is 1. The Bertz CT molecular complexity index is 474. The van der Waals surface area contributed by atoms with Gasteiger partial charge in [0.25, 0.3) is 0 Å². The number of hydrogen-bond donors (Lipinski definition) is 0. The van der Waals surface area contributed by atoms with Gasteiger partial charge in [0.2, 0.25) is 5.91 Å². The summed E-state index contributed by atoms with van der Waals surface area (Å²) in [7, 11) is 1.91. The summed E-state index contributed by atoms with van der Waals surface area (Å²) in [6, 6.07) is 0.0193. The Hall–Kier alpha value is -1.01. The predicted molar refractivity (Wildman–Crippen MR) is 85.4 cm³/mol. The normalized spacial score (nSPS) is 20.5. The van der Waals surface area contributed by atoms with Gasteiger partial charge in [-0.05, 0) is 23.9 Å². The molecule has 1 aliphatic rings. The van der Waals surface area contributed by atoms with Crippen molar-refractivity contribution < 1.29 is 4.79 Å². The highest BCUT2D eigenvalue weighted by Gasteiger charge is 2.33. The highest BCUT2D eigenvalue weighted by molar-refractivity contribution is 7.05. The Morgan fingerprint density at radius 1 is 1.38 bits per heavy atom. The summed E-state index contributed by atoms with van der Waals surface area (Å²) in [5.74, 6) is 0.647. The van der Waals surface area contributed by atoms with Crippen LogP contribution in [0.4, 0.5) is 0 Å². The molecule has 0 spiro atoms. The Balaban J connectivity index is 2.12. The molecule has 0 bridgehead atoms. The summed E-state index contributed by atoms with van der Waals surface area (Å²) in [6.45, 7) is 9.01. The van der Waals surface area contributed by atoms with Crippen LogP contribution in [0.25, 0.3) is 0 Å². The van der Waals surface area contributed by atoms with Crippen LogP contribution >= 0.6 is 11.5 Å². The van der Waals surface area contributed by atoms with Crippen molar-refractivity contribution in [2.75, 3.05) is 20.1 Å². The maximum absolute atomic E-state index is 12.4. The monoisotopic (exact) mass is 310 g/mol. The molecule has 1 atom stereocenters. The van der Waals surface area contributed by atoms with Crippen LogP contribution in [-0.4, -0.2) is 51.5 Å². The standard InChI is InChI=1S/C15H26N4OS/c1-5-6-7-12-15(20)18(4)8-9-19(12)10-13-14(11(2)3)16-17-21-13/h11-12H,5-10H2,1-4H3/t12-/m1/s1. The third-order valence-corrected chi connectivity index (χ3v) is 4.86. The minimum Gasteiger partial charge on any atom is -0.343 e. The first-order chi connectivity index (χ1) is 10.0. The number of piperazine rings is 1. The molecular weight excluding hydrogens is 284 g/mol. The Kier molecular flexibility index (Phi) is 5.70. The molecule has 0 saturated carbocycles. The van der Waals surface area contributed by atoms with Gasteiger partial charge in [0.1, 0.15) is 0 Å². The van der Waals surface area contributed by atoms with Gasteiger partial charge in [-0.1, -0.05) is 38.1 Å². The van der Waals surface area contributed by atoms with Gasteiger partial charge in [0.05, 0.1) is 16.6 Å². The van der Waals surface area contributed by atoms with Crippen molar-refractivity contribution in [1.82, 2.24) is 19.4 Å². The second-order valence-electron chi connectivity index (χ2n) is 6.12. The lowest BCUT2D eigenvalue weighted by atomic mass is 10.0. The second-order valence-corrected chi connectivity index (χ2v) is 6.96. The molecule has 6 heteroatoms. The Morgan fingerprint density at radius 3 is 2.81 bits per heavy atom. The fourth-order valence-corrected chi connectivity index (χ4v) is 3.62. The molecular formula is C15H26N4OS. The fraction of sp³-hybridized carbons (Fsp3) is 0.800. The average molecular weight is 310 g/mol. The van der Waals surface area contributed by atoms with Crippen LogP contribution in [0.2, 0.25) is 0 Å². The SMILES string of the molecule is CCCC[C@@H]1C(=O)N(C)CCN1Cc1snnc1C(C)C. The van der Waals surface area contributed by atoms with Crippen molar-refractivity contribution in [1.29, 1.82) is 0 Å². The van der Waals surface area contributed by atoms with E-state index in [2.05, 4.69) is 35.3 Å². The van der Waals surface area contributed by atoms with Gasteiger partial charge in [-0.25, -0.2) is 0 Å². The van der Waals surface area contributed by atoms with E-state index in [9.17, 15) is 4.79 Å². The van der Waals surface area contributed by atoms with Crippen LogP contribution in [0, 0.1) is 0 Å². The van der Waals surface area contributed by atoms with Crippen molar-refractivity contribution in [2.24, 2.45) is 0 Å². The third-order valence-electron chi connectivity index (χ3n) is 4.13. The molecule has 1 saturated heterocycles. The van der Waals surface area contributed by atoms with E-state index in [4.69, 9.17) is 0 Å². The quantitative estimate of drug-likeness (QED) is 0.810. The minimum atomic E-state index is 0.0193. The van der Waals surface area contributed by atoms with Crippen LogP contribution in [0.3, 0.4) is 0 Å². The first kappa shape index (κ1) is 16.4. The smallest absolute Gasteiger partial charge is 0.239 e. The largest absolute Gasteiger partial charge is 0.343 e. The summed E-state index contributed by atoms with van der Waals surface area (Å²) in [5, 5.41) is 4.25. The zero-order valence-corrected chi connectivity index (χ0v) is 14.3. The lowest BCUT2D eigenvalue weighted by Crippen LogP contribution is -2.55. The third kappa shape index (κ3) is 3.80. The molecule has 0 aromatic carbocycles. The summed E-state index contributed by atoms with van der Waals surface area (Å²) < 4.78 is 4.10. The van der Waals surface area contributed by atoms with Gasteiger partial charge in [0.15, 0.2) is 0 Å². The number of carbonyl (C=O) groups excluding carboxylic acids is 1. The molecule has 118 valence electrons. The van der Waals surface area contributed by atoms with Crippen LogP contribution in [-0.2, 0) is 11.3 Å². The molecule has 1 fully saturated rings. The molecule has 0 unspecified atom stereocenters. The zero-order chi connectivity index (χ0) is 15.4. The average Bonchev–Trinajstić information content (AvgIpc) is 2.91. The summed E-state index contributed by atoms with van der Waals surface area (Å²) in [4.78, 5) is 17.8. The van der Waals surface area contributed by atoms with E-state index in [1.54, 1.807) is 0 Å². The van der Waals surface area contributed by atoms with Crippen molar-refractivity contribution in [3.05, 3.63) is 10.6 Å². The molecule has 2 rings (SSSR count). The molecule has 1 aliphatic heterocycles. The fourth-order valence-electron chi connectivity index (χ4n) is 2.80. The highest BCUT2D eigenvalue weighted by atomic mass is 32.1. The van der Waals surface area contributed by atoms with Gasteiger partial charge in [-0.2, -0.15) is 0 Å². The number of nitrogens with zero attached hydrogens (tertiary/aromatic N) is 4. The Morgan fingerprint density at radius 2 is 2.14 bits per heavy atom. The molecule has 1 amide bonds. The number of hydrogen-bond acceptors (Lipinski definition) is 5. The van der Waals surface area contributed by atoms with E-state index in [1.807, 2.05) is 11.9 Å². The second kappa shape index (κ2) is 7.31. The summed E-state index contributed by atoms with van der Waals surface area (Å²) in [5.41, 5.74) is 1.08. The molecule has 0 aliphatic carbocycles. The predicted octanol–water partition coefficient (Wildman–Crippen LogP) is 2.49. The van der Waals surface area contributed by atoms with Gasteiger partial charge < -0.3 is 4.90 Å². The van der Waals surface area contributed by atoms with E-state index in [0.717, 1.165) is 44.6 Å². The first-order valence-electron chi connectivity index (χ1n) is 7.84. The molecule has 1 aromatic rings. The van der Waals surface area contributed by atoms with E-state index >= 15 is 0 Å². The molecule has 5 nitrogen and oxygen atoms in total. The number of unbranched alkanes of at least 4 members (excludes halogenated alkanes) is 1. The van der Waals surface area contributed by atoms with Crippen molar-refractivity contribution in [3.8, 4) is 0 Å². The number of aromatic nitrogens is 2. The lowest BCUT2D eigenvalue weighted by Gasteiger charge is -2.39. The number of amides is 1. The van der Waals surface area contributed by atoms with Gasteiger partial charge in [0, 0.05) is 26.7 Å². The van der Waals surface area contributed by atoms with E-state index in [-0.39, 0.29) is 11.9 Å². The minimum absolute atomic E-state index is 0.0193. The zero-order valence-electron chi connectivity index (χ0n) is 13.5. The Labute approximate surface area is 131 Å². The molecule has 0 radical (unpaired) electrons. The molecule has 21 heavy (non-hydrogen) atoms. The number of rotatable bonds is 6. The summed E-state index contributed by atoms with van der Waals surface area (Å²) >= 11 is 1.47. The van der Waals surface area contributed by atoms with Crippen LogP contribution < -0.4 is 0 Å². The molecule has 0 N–H and O–H groups in total. The number of carbonyl (C=O) groups is 1.